The van der Waals surface area contributed by atoms with Crippen LogP contribution in [0.1, 0.15) is 50.0 Å². The summed E-state index contributed by atoms with van der Waals surface area (Å²) >= 11 is 1.77. The number of nitrogens with two attached hydrogens (primary N) is 1. The fourth-order valence-corrected chi connectivity index (χ4v) is 3.55. The number of hydrogen-bond acceptors (Lipinski definition) is 3. The number of nitrogens with one attached hydrogen (secondary N) is 1. The lowest BCUT2D eigenvalue weighted by molar-refractivity contribution is -0.125. The molecular formula is C15H25ClN2OS. The maximum absolute atomic E-state index is 12.6. The Hall–Kier alpha value is -0.580. The Balaban J connectivity index is 0.00000200. The fourth-order valence-electron chi connectivity index (χ4n) is 2.56. The Labute approximate surface area is 131 Å². The summed E-state index contributed by atoms with van der Waals surface area (Å²) in [5, 5.41) is 5.28. The summed E-state index contributed by atoms with van der Waals surface area (Å²) in [5.74, 6) is 0.479. The summed E-state index contributed by atoms with van der Waals surface area (Å²) < 4.78 is 0. The number of fused-ring (bicyclic) bond motifs is 1. The van der Waals surface area contributed by atoms with Crippen LogP contribution < -0.4 is 11.1 Å². The zero-order valence-corrected chi connectivity index (χ0v) is 14.1. The summed E-state index contributed by atoms with van der Waals surface area (Å²) in [6, 6.07) is 2.11. The highest BCUT2D eigenvalue weighted by molar-refractivity contribution is 7.10. The molecule has 0 saturated heterocycles. The van der Waals surface area contributed by atoms with E-state index in [9.17, 15) is 4.79 Å². The van der Waals surface area contributed by atoms with E-state index < -0.39 is 0 Å². The van der Waals surface area contributed by atoms with Crippen LogP contribution in [0.4, 0.5) is 0 Å². The number of rotatable bonds is 4. The Morgan fingerprint density at radius 3 is 2.90 bits per heavy atom. The van der Waals surface area contributed by atoms with Crippen molar-refractivity contribution in [2.75, 3.05) is 6.54 Å². The molecule has 0 radical (unpaired) electrons. The maximum atomic E-state index is 12.6. The number of carbonyl (C=O) groups excluding carboxylic acids is 1. The first-order valence-electron chi connectivity index (χ1n) is 7.06. The van der Waals surface area contributed by atoms with Gasteiger partial charge in [0, 0.05) is 11.4 Å². The van der Waals surface area contributed by atoms with Gasteiger partial charge in [0.2, 0.25) is 5.91 Å². The van der Waals surface area contributed by atoms with Crippen molar-refractivity contribution in [1.82, 2.24) is 5.32 Å². The second kappa shape index (κ2) is 6.92. The topological polar surface area (TPSA) is 55.1 Å². The van der Waals surface area contributed by atoms with Crippen molar-refractivity contribution in [2.45, 2.75) is 51.5 Å². The van der Waals surface area contributed by atoms with Crippen molar-refractivity contribution >= 4 is 29.7 Å². The second-order valence-corrected chi connectivity index (χ2v) is 7.01. The van der Waals surface area contributed by atoms with Crippen LogP contribution in [-0.2, 0) is 11.2 Å². The van der Waals surface area contributed by atoms with Crippen molar-refractivity contribution < 1.29 is 4.79 Å². The zero-order valence-electron chi connectivity index (χ0n) is 12.4. The van der Waals surface area contributed by atoms with E-state index in [1.165, 1.54) is 10.4 Å². The lowest BCUT2D eigenvalue weighted by Gasteiger charge is -2.35. The first-order chi connectivity index (χ1) is 8.98. The lowest BCUT2D eigenvalue weighted by atomic mass is 9.84. The zero-order chi connectivity index (χ0) is 14.0. The SMILES string of the molecule is CC(C)C(C)(CN)NC(=O)C1CCCc2sccc21.Cl. The van der Waals surface area contributed by atoms with Crippen molar-refractivity contribution in [2.24, 2.45) is 11.7 Å². The molecule has 1 aliphatic rings. The standard InChI is InChI=1S/C15H24N2OS.ClH/c1-10(2)15(3,9-16)17-14(18)12-5-4-6-13-11(12)7-8-19-13;/h7-8,10,12H,4-6,9,16H2,1-3H3,(H,17,18);1H. The minimum Gasteiger partial charge on any atom is -0.349 e. The summed E-state index contributed by atoms with van der Waals surface area (Å²) in [5.41, 5.74) is 6.77. The molecule has 3 N–H and O–H groups in total. The molecule has 0 spiro atoms. The van der Waals surface area contributed by atoms with Gasteiger partial charge in [-0.1, -0.05) is 13.8 Å². The quantitative estimate of drug-likeness (QED) is 0.897. The molecule has 0 fully saturated rings. The summed E-state index contributed by atoms with van der Waals surface area (Å²) in [6.07, 6.45) is 3.18. The molecule has 1 aliphatic carbocycles. The number of amides is 1. The Bertz CT molecular complexity index is 460. The van der Waals surface area contributed by atoms with E-state index in [0.717, 1.165) is 19.3 Å². The van der Waals surface area contributed by atoms with Gasteiger partial charge in [0.1, 0.15) is 0 Å². The number of thiophene rings is 1. The summed E-state index contributed by atoms with van der Waals surface area (Å²) in [6.45, 7) is 6.71. The highest BCUT2D eigenvalue weighted by Crippen LogP contribution is 2.35. The molecule has 0 aromatic carbocycles. The minimum atomic E-state index is -0.315. The lowest BCUT2D eigenvalue weighted by Crippen LogP contribution is -2.56. The van der Waals surface area contributed by atoms with Crippen LogP contribution in [0.3, 0.4) is 0 Å². The molecule has 0 saturated carbocycles. The second-order valence-electron chi connectivity index (χ2n) is 6.01. The molecule has 5 heteroatoms. The van der Waals surface area contributed by atoms with Gasteiger partial charge in [-0.3, -0.25) is 4.79 Å². The van der Waals surface area contributed by atoms with Crippen LogP contribution >= 0.6 is 23.7 Å². The maximum Gasteiger partial charge on any atom is 0.228 e. The highest BCUT2D eigenvalue weighted by Gasteiger charge is 2.33. The fraction of sp³-hybridized carbons (Fsp3) is 0.667. The van der Waals surface area contributed by atoms with E-state index in [1.54, 1.807) is 11.3 Å². The van der Waals surface area contributed by atoms with E-state index in [2.05, 4.69) is 30.6 Å². The van der Waals surface area contributed by atoms with E-state index in [0.29, 0.717) is 12.5 Å². The van der Waals surface area contributed by atoms with Gasteiger partial charge in [0.05, 0.1) is 11.5 Å². The molecule has 1 amide bonds. The number of carbonyl (C=O) groups is 1. The van der Waals surface area contributed by atoms with Gasteiger partial charge in [-0.25, -0.2) is 0 Å². The van der Waals surface area contributed by atoms with Crippen molar-refractivity contribution in [3.05, 3.63) is 21.9 Å². The predicted molar refractivity (Wildman–Crippen MR) is 87.7 cm³/mol. The van der Waals surface area contributed by atoms with E-state index in [-0.39, 0.29) is 29.8 Å². The number of hydrogen-bond donors (Lipinski definition) is 2. The highest BCUT2D eigenvalue weighted by atomic mass is 35.5. The van der Waals surface area contributed by atoms with E-state index in [4.69, 9.17) is 5.73 Å². The van der Waals surface area contributed by atoms with Crippen LogP contribution in [0, 0.1) is 5.92 Å². The monoisotopic (exact) mass is 316 g/mol. The third-order valence-electron chi connectivity index (χ3n) is 4.48. The Morgan fingerprint density at radius 2 is 2.30 bits per heavy atom. The number of aryl methyl sites for hydroxylation is 1. The number of halogens is 1. The van der Waals surface area contributed by atoms with Crippen LogP contribution in [0.5, 0.6) is 0 Å². The van der Waals surface area contributed by atoms with Crippen molar-refractivity contribution in [3.63, 3.8) is 0 Å². The third kappa shape index (κ3) is 3.35. The van der Waals surface area contributed by atoms with Gasteiger partial charge in [0.25, 0.3) is 0 Å². The molecule has 2 rings (SSSR count). The van der Waals surface area contributed by atoms with Gasteiger partial charge in [-0.15, -0.1) is 23.7 Å². The molecule has 1 aromatic heterocycles. The molecule has 2 atom stereocenters. The first-order valence-corrected chi connectivity index (χ1v) is 7.94. The average Bonchev–Trinajstić information content (AvgIpc) is 2.86. The molecule has 2 unspecified atom stereocenters. The largest absolute Gasteiger partial charge is 0.349 e. The van der Waals surface area contributed by atoms with Gasteiger partial charge in [-0.05, 0) is 49.1 Å². The Morgan fingerprint density at radius 1 is 1.60 bits per heavy atom. The smallest absolute Gasteiger partial charge is 0.228 e. The van der Waals surface area contributed by atoms with Crippen LogP contribution in [0.2, 0.25) is 0 Å². The van der Waals surface area contributed by atoms with Crippen LogP contribution in [-0.4, -0.2) is 18.0 Å². The molecular weight excluding hydrogens is 292 g/mol. The van der Waals surface area contributed by atoms with Gasteiger partial charge in [0.15, 0.2) is 0 Å². The molecule has 1 heterocycles. The minimum absolute atomic E-state index is 0. The molecule has 20 heavy (non-hydrogen) atoms. The molecule has 0 aliphatic heterocycles. The first kappa shape index (κ1) is 17.5. The van der Waals surface area contributed by atoms with Crippen LogP contribution in [0.15, 0.2) is 11.4 Å². The summed E-state index contributed by atoms with van der Waals surface area (Å²) in [7, 11) is 0. The van der Waals surface area contributed by atoms with Crippen molar-refractivity contribution in [3.8, 4) is 0 Å². The molecule has 0 bridgehead atoms. The van der Waals surface area contributed by atoms with Gasteiger partial charge >= 0.3 is 0 Å². The third-order valence-corrected chi connectivity index (χ3v) is 5.47. The summed E-state index contributed by atoms with van der Waals surface area (Å²) in [4.78, 5) is 14.0. The predicted octanol–water partition coefficient (Wildman–Crippen LogP) is 3.08. The molecule has 114 valence electrons. The normalized spacial score (nSPS) is 20.8. The van der Waals surface area contributed by atoms with Gasteiger partial charge < -0.3 is 11.1 Å². The molecule has 3 nitrogen and oxygen atoms in total. The van der Waals surface area contributed by atoms with E-state index in [1.807, 2.05) is 6.92 Å². The van der Waals surface area contributed by atoms with Crippen molar-refractivity contribution in [1.29, 1.82) is 0 Å². The average molecular weight is 317 g/mol. The molecule has 1 aromatic rings. The van der Waals surface area contributed by atoms with Gasteiger partial charge in [-0.2, -0.15) is 0 Å². The Kier molecular flexibility index (Phi) is 6.05. The van der Waals surface area contributed by atoms with Crippen LogP contribution in [0.25, 0.3) is 0 Å². The van der Waals surface area contributed by atoms with E-state index >= 15 is 0 Å².